The topological polar surface area (TPSA) is 59.1 Å². The molecule has 0 unspecified atom stereocenters. The van der Waals surface area contributed by atoms with E-state index in [2.05, 4.69) is 4.98 Å². The molecule has 1 aromatic heterocycles. The number of phenolic OH excluding ortho intramolecular Hbond substituents is 1. The van der Waals surface area contributed by atoms with Crippen molar-refractivity contribution < 1.29 is 5.11 Å². The minimum absolute atomic E-state index is 0.167. The molecular weight excluding hydrogens is 196 g/mol. The van der Waals surface area contributed by atoms with Gasteiger partial charge in [0.15, 0.2) is 0 Å². The highest BCUT2D eigenvalue weighted by Gasteiger charge is 2.42. The summed E-state index contributed by atoms with van der Waals surface area (Å²) in [6.45, 7) is 0. The van der Waals surface area contributed by atoms with Crippen LogP contribution >= 0.6 is 11.3 Å². The number of fused-ring (bicyclic) bond motifs is 1. The molecule has 3 N–H and O–H groups in total. The lowest BCUT2D eigenvalue weighted by Crippen LogP contribution is -2.17. The van der Waals surface area contributed by atoms with Crippen molar-refractivity contribution in [2.24, 2.45) is 5.73 Å². The zero-order valence-electron chi connectivity index (χ0n) is 7.53. The van der Waals surface area contributed by atoms with Crippen molar-refractivity contribution in [3.8, 4) is 5.75 Å². The van der Waals surface area contributed by atoms with Gasteiger partial charge in [-0.2, -0.15) is 0 Å². The first-order chi connectivity index (χ1) is 6.67. The van der Waals surface area contributed by atoms with Gasteiger partial charge in [0.2, 0.25) is 0 Å². The van der Waals surface area contributed by atoms with Gasteiger partial charge >= 0.3 is 0 Å². The second-order valence-corrected chi connectivity index (χ2v) is 4.86. The molecule has 3 rings (SSSR count). The van der Waals surface area contributed by atoms with Crippen LogP contribution in [0.5, 0.6) is 5.75 Å². The molecule has 1 aromatic carbocycles. The molecule has 0 atom stereocenters. The minimum Gasteiger partial charge on any atom is -0.508 e. The summed E-state index contributed by atoms with van der Waals surface area (Å²) >= 11 is 1.58. The van der Waals surface area contributed by atoms with Gasteiger partial charge in [-0.25, -0.2) is 4.98 Å². The molecule has 0 saturated heterocycles. The first kappa shape index (κ1) is 8.20. The number of benzene rings is 1. The average molecular weight is 206 g/mol. The van der Waals surface area contributed by atoms with E-state index in [0.717, 1.165) is 28.1 Å². The average Bonchev–Trinajstić information content (AvgIpc) is 2.77. The van der Waals surface area contributed by atoms with E-state index in [1.54, 1.807) is 23.5 Å². The Hall–Kier alpha value is -1.13. The number of hydrogen-bond donors (Lipinski definition) is 2. The summed E-state index contributed by atoms with van der Waals surface area (Å²) < 4.78 is 1.01. The van der Waals surface area contributed by atoms with Crippen LogP contribution in [0.25, 0.3) is 10.2 Å². The van der Waals surface area contributed by atoms with Gasteiger partial charge in [-0.15, -0.1) is 11.3 Å². The van der Waals surface area contributed by atoms with Gasteiger partial charge in [0.05, 0.1) is 15.8 Å². The number of nitrogens with zero attached hydrogens (tertiary/aromatic N) is 1. The van der Waals surface area contributed by atoms with Crippen LogP contribution in [-0.2, 0) is 5.54 Å². The maximum Gasteiger partial charge on any atom is 0.117 e. The molecule has 3 nitrogen and oxygen atoms in total. The molecule has 14 heavy (non-hydrogen) atoms. The van der Waals surface area contributed by atoms with E-state index in [1.807, 2.05) is 6.07 Å². The minimum atomic E-state index is -0.167. The Balaban J connectivity index is 2.20. The first-order valence-electron chi connectivity index (χ1n) is 4.56. The molecule has 1 saturated carbocycles. The fraction of sp³-hybridized carbons (Fsp3) is 0.300. The van der Waals surface area contributed by atoms with Crippen molar-refractivity contribution in [3.05, 3.63) is 23.2 Å². The Labute approximate surface area is 85.2 Å². The molecule has 2 aromatic rings. The second kappa shape index (κ2) is 2.46. The fourth-order valence-corrected chi connectivity index (χ4v) is 2.63. The van der Waals surface area contributed by atoms with Gasteiger partial charge in [0, 0.05) is 0 Å². The van der Waals surface area contributed by atoms with Crippen LogP contribution in [-0.4, -0.2) is 10.1 Å². The Kier molecular flexibility index (Phi) is 1.44. The van der Waals surface area contributed by atoms with Gasteiger partial charge in [0.25, 0.3) is 0 Å². The van der Waals surface area contributed by atoms with E-state index in [1.165, 1.54) is 0 Å². The molecule has 72 valence electrons. The SMILES string of the molecule is NC1(c2nc3ccc(O)cc3s2)CC1. The van der Waals surface area contributed by atoms with Gasteiger partial charge in [-0.1, -0.05) is 0 Å². The van der Waals surface area contributed by atoms with Crippen LogP contribution in [0.4, 0.5) is 0 Å². The molecule has 0 radical (unpaired) electrons. The van der Waals surface area contributed by atoms with E-state index in [-0.39, 0.29) is 11.3 Å². The van der Waals surface area contributed by atoms with E-state index >= 15 is 0 Å². The molecule has 1 aliphatic rings. The summed E-state index contributed by atoms with van der Waals surface area (Å²) in [5, 5.41) is 10.3. The van der Waals surface area contributed by atoms with Crippen LogP contribution in [0.2, 0.25) is 0 Å². The molecule has 1 aliphatic carbocycles. The number of aromatic hydroxyl groups is 1. The van der Waals surface area contributed by atoms with Crippen molar-refractivity contribution in [2.75, 3.05) is 0 Å². The second-order valence-electron chi connectivity index (χ2n) is 3.83. The van der Waals surface area contributed by atoms with Crippen LogP contribution in [0.1, 0.15) is 17.8 Å². The van der Waals surface area contributed by atoms with Crippen molar-refractivity contribution in [2.45, 2.75) is 18.4 Å². The maximum absolute atomic E-state index is 9.31. The predicted molar refractivity (Wildman–Crippen MR) is 56.4 cm³/mol. The van der Waals surface area contributed by atoms with Crippen LogP contribution in [0.15, 0.2) is 18.2 Å². The zero-order chi connectivity index (χ0) is 9.76. The maximum atomic E-state index is 9.31. The number of aromatic nitrogens is 1. The predicted octanol–water partition coefficient (Wildman–Crippen LogP) is 1.95. The van der Waals surface area contributed by atoms with E-state index in [9.17, 15) is 5.11 Å². The Morgan fingerprint density at radius 1 is 1.43 bits per heavy atom. The summed E-state index contributed by atoms with van der Waals surface area (Å²) in [6.07, 6.45) is 2.05. The normalized spacial score (nSPS) is 18.6. The quantitative estimate of drug-likeness (QED) is 0.749. The monoisotopic (exact) mass is 206 g/mol. The Bertz CT molecular complexity index is 502. The lowest BCUT2D eigenvalue weighted by Gasteiger charge is -2.00. The van der Waals surface area contributed by atoms with Gasteiger partial charge < -0.3 is 10.8 Å². The third kappa shape index (κ3) is 1.11. The zero-order valence-corrected chi connectivity index (χ0v) is 8.34. The molecule has 0 aliphatic heterocycles. The van der Waals surface area contributed by atoms with Crippen LogP contribution in [0.3, 0.4) is 0 Å². The van der Waals surface area contributed by atoms with Crippen molar-refractivity contribution in [1.29, 1.82) is 0 Å². The number of phenols is 1. The highest BCUT2D eigenvalue weighted by atomic mass is 32.1. The van der Waals surface area contributed by atoms with Crippen molar-refractivity contribution >= 4 is 21.6 Å². The molecule has 0 bridgehead atoms. The molecule has 0 spiro atoms. The van der Waals surface area contributed by atoms with Crippen LogP contribution in [0, 0.1) is 0 Å². The highest BCUT2D eigenvalue weighted by molar-refractivity contribution is 7.18. The first-order valence-corrected chi connectivity index (χ1v) is 5.38. The molecular formula is C10H10N2OS. The summed E-state index contributed by atoms with van der Waals surface area (Å²) in [6, 6.07) is 5.22. The van der Waals surface area contributed by atoms with Gasteiger partial charge in [-0.3, -0.25) is 0 Å². The summed E-state index contributed by atoms with van der Waals surface area (Å²) in [7, 11) is 0. The molecule has 1 heterocycles. The lowest BCUT2D eigenvalue weighted by molar-refractivity contribution is 0.476. The Morgan fingerprint density at radius 3 is 2.93 bits per heavy atom. The summed E-state index contributed by atoms with van der Waals surface area (Å²) in [4.78, 5) is 4.47. The molecule has 1 fully saturated rings. The standard InChI is InChI=1S/C10H10N2OS/c11-10(3-4-10)9-12-7-2-1-6(13)5-8(7)14-9/h1-2,5,13H,3-4,11H2. The van der Waals surface area contributed by atoms with Gasteiger partial charge in [-0.05, 0) is 31.0 Å². The van der Waals surface area contributed by atoms with E-state index in [4.69, 9.17) is 5.73 Å². The Morgan fingerprint density at radius 2 is 2.21 bits per heavy atom. The highest BCUT2D eigenvalue weighted by Crippen LogP contribution is 2.45. The number of rotatable bonds is 1. The smallest absolute Gasteiger partial charge is 0.117 e. The number of hydrogen-bond acceptors (Lipinski definition) is 4. The van der Waals surface area contributed by atoms with Crippen molar-refractivity contribution in [1.82, 2.24) is 4.98 Å². The van der Waals surface area contributed by atoms with E-state index < -0.39 is 0 Å². The number of nitrogens with two attached hydrogens (primary N) is 1. The number of thiazole rings is 1. The summed E-state index contributed by atoms with van der Waals surface area (Å²) in [5.74, 6) is 0.287. The van der Waals surface area contributed by atoms with E-state index in [0.29, 0.717) is 0 Å². The third-order valence-electron chi connectivity index (χ3n) is 2.59. The largest absolute Gasteiger partial charge is 0.508 e. The lowest BCUT2D eigenvalue weighted by atomic mass is 10.3. The molecule has 4 heteroatoms. The van der Waals surface area contributed by atoms with Crippen molar-refractivity contribution in [3.63, 3.8) is 0 Å². The summed E-state index contributed by atoms with van der Waals surface area (Å²) in [5.41, 5.74) is 6.82. The fourth-order valence-electron chi connectivity index (χ4n) is 1.47. The van der Waals surface area contributed by atoms with Gasteiger partial charge in [0.1, 0.15) is 10.8 Å². The molecule has 0 amide bonds. The third-order valence-corrected chi connectivity index (χ3v) is 3.82. The van der Waals surface area contributed by atoms with Crippen LogP contribution < -0.4 is 5.73 Å².